The molecule has 0 bridgehead atoms. The summed E-state index contributed by atoms with van der Waals surface area (Å²) in [5, 5.41) is 0. The molecule has 0 spiro atoms. The molecule has 1 aromatic rings. The van der Waals surface area contributed by atoms with Gasteiger partial charge in [-0.05, 0) is 0 Å². The summed E-state index contributed by atoms with van der Waals surface area (Å²) in [5.74, 6) is -0.0791. The average molecular weight is 491 g/mol. The van der Waals surface area contributed by atoms with Gasteiger partial charge in [-0.25, -0.2) is 0 Å². The Morgan fingerprint density at radius 1 is 1.24 bits per heavy atom. The summed E-state index contributed by atoms with van der Waals surface area (Å²) in [6.07, 6.45) is -0.593. The fourth-order valence-electron chi connectivity index (χ4n) is 1.26. The second-order valence-electron chi connectivity index (χ2n) is 3.59. The molecule has 1 unspecified atom stereocenters. The SMILES string of the molecule is CN(C)C(=O)C([O][Ge]([Br])([Br])[Br])c1ccccc1. The van der Waals surface area contributed by atoms with E-state index >= 15 is 0 Å². The van der Waals surface area contributed by atoms with Crippen LogP contribution in [-0.2, 0) is 8.56 Å². The van der Waals surface area contributed by atoms with Gasteiger partial charge < -0.3 is 0 Å². The number of halogens is 3. The molecule has 0 aliphatic heterocycles. The number of rotatable bonds is 4. The van der Waals surface area contributed by atoms with E-state index in [1.165, 1.54) is 4.90 Å². The van der Waals surface area contributed by atoms with Crippen LogP contribution in [0.3, 0.4) is 0 Å². The number of hydrogen-bond donors (Lipinski definition) is 0. The summed E-state index contributed by atoms with van der Waals surface area (Å²) >= 11 is 10.3. The van der Waals surface area contributed by atoms with Crippen molar-refractivity contribution >= 4 is 56.0 Å². The number of amides is 1. The average Bonchev–Trinajstić information content (AvgIpc) is 2.25. The van der Waals surface area contributed by atoms with E-state index in [1.54, 1.807) is 14.1 Å². The van der Waals surface area contributed by atoms with E-state index in [4.69, 9.17) is 3.76 Å². The number of benzene rings is 1. The van der Waals surface area contributed by atoms with Crippen LogP contribution < -0.4 is 0 Å². The Balaban J connectivity index is 2.99. The molecule has 94 valence electrons. The van der Waals surface area contributed by atoms with Crippen molar-refractivity contribution < 1.29 is 8.56 Å². The molecule has 1 rings (SSSR count). The molecule has 0 N–H and O–H groups in total. The molecular formula is C10H12Br3GeNO2. The first-order chi connectivity index (χ1) is 7.81. The topological polar surface area (TPSA) is 29.5 Å². The third kappa shape index (κ3) is 5.42. The van der Waals surface area contributed by atoms with Crippen LogP contribution in [0.4, 0.5) is 0 Å². The van der Waals surface area contributed by atoms with E-state index in [1.807, 2.05) is 30.3 Å². The predicted molar refractivity (Wildman–Crippen MR) is 81.5 cm³/mol. The Morgan fingerprint density at radius 3 is 2.18 bits per heavy atom. The van der Waals surface area contributed by atoms with Gasteiger partial charge >= 0.3 is 126 Å². The van der Waals surface area contributed by atoms with Gasteiger partial charge in [0.05, 0.1) is 0 Å². The quantitative estimate of drug-likeness (QED) is 0.606. The van der Waals surface area contributed by atoms with Gasteiger partial charge in [-0.1, -0.05) is 0 Å². The molecule has 1 amide bonds. The zero-order chi connectivity index (χ0) is 13.1. The first-order valence-corrected chi connectivity index (χ1v) is 20.4. The number of nitrogens with zero attached hydrogens (tertiary/aromatic N) is 1. The minimum absolute atomic E-state index is 0.0791. The Morgan fingerprint density at radius 2 is 1.76 bits per heavy atom. The molecule has 0 fully saturated rings. The molecule has 17 heavy (non-hydrogen) atoms. The molecule has 0 aliphatic carbocycles. The molecule has 0 aliphatic rings. The first kappa shape index (κ1) is 15.7. The maximum atomic E-state index is 12.1. The second-order valence-corrected chi connectivity index (χ2v) is 39.9. The molecule has 7 heteroatoms. The molecule has 0 heterocycles. The van der Waals surface area contributed by atoms with Crippen molar-refractivity contribution in [1.82, 2.24) is 4.90 Å². The van der Waals surface area contributed by atoms with Crippen molar-refractivity contribution in [2.24, 2.45) is 0 Å². The second kappa shape index (κ2) is 6.70. The zero-order valence-electron chi connectivity index (χ0n) is 9.36. The van der Waals surface area contributed by atoms with Gasteiger partial charge in [0.25, 0.3) is 0 Å². The van der Waals surface area contributed by atoms with Crippen LogP contribution in [0.25, 0.3) is 0 Å². The molecular weight excluding hydrogens is 478 g/mol. The predicted octanol–water partition coefficient (Wildman–Crippen LogP) is 3.45. The third-order valence-electron chi connectivity index (χ3n) is 2.02. The zero-order valence-corrected chi connectivity index (χ0v) is 16.2. The normalized spacial score (nSPS) is 13.2. The van der Waals surface area contributed by atoms with Gasteiger partial charge in [-0.15, -0.1) is 0 Å². The van der Waals surface area contributed by atoms with Crippen molar-refractivity contribution in [3.8, 4) is 0 Å². The molecule has 0 aromatic heterocycles. The van der Waals surface area contributed by atoms with Gasteiger partial charge in [-0.3, -0.25) is 0 Å². The summed E-state index contributed by atoms with van der Waals surface area (Å²) < 4.78 is 5.79. The molecule has 1 atom stereocenters. The number of carbonyl (C=O) groups excluding carboxylic acids is 1. The minimum atomic E-state index is -2.81. The van der Waals surface area contributed by atoms with E-state index in [0.717, 1.165) is 5.56 Å². The van der Waals surface area contributed by atoms with Crippen LogP contribution in [0.5, 0.6) is 0 Å². The number of likely N-dealkylation sites (N-methyl/N-ethyl adjacent to an activating group) is 1. The van der Waals surface area contributed by atoms with Gasteiger partial charge in [0.1, 0.15) is 0 Å². The molecule has 1 aromatic carbocycles. The molecule has 3 nitrogen and oxygen atoms in total. The van der Waals surface area contributed by atoms with Crippen LogP contribution in [0.1, 0.15) is 11.7 Å². The Kier molecular flexibility index (Phi) is 6.18. The molecule has 0 saturated carbocycles. The van der Waals surface area contributed by atoms with Crippen molar-refractivity contribution in [2.45, 2.75) is 6.10 Å². The first-order valence-electron chi connectivity index (χ1n) is 4.82. The van der Waals surface area contributed by atoms with E-state index < -0.39 is 14.2 Å². The van der Waals surface area contributed by atoms with Crippen LogP contribution >= 0.6 is 42.0 Å². The fraction of sp³-hybridized carbons (Fsp3) is 0.300. The van der Waals surface area contributed by atoms with Crippen LogP contribution in [0.15, 0.2) is 30.3 Å². The van der Waals surface area contributed by atoms with E-state index in [-0.39, 0.29) is 5.91 Å². The van der Waals surface area contributed by atoms with Crippen LogP contribution in [0, 0.1) is 0 Å². The van der Waals surface area contributed by atoms with Gasteiger partial charge in [0, 0.05) is 0 Å². The Hall–Kier alpha value is 0.633. The van der Waals surface area contributed by atoms with Gasteiger partial charge in [0.2, 0.25) is 0 Å². The number of hydrogen-bond acceptors (Lipinski definition) is 2. The summed E-state index contributed by atoms with van der Waals surface area (Å²) in [5.41, 5.74) is 0.847. The standard InChI is InChI=1S/C10H12Br3GeNO2/c1-15(2)10(16)9(17-14(11,12)13)8-6-4-3-5-7-8/h3-7,9H,1-2H3. The van der Waals surface area contributed by atoms with Crippen molar-refractivity contribution in [3.63, 3.8) is 0 Å². The van der Waals surface area contributed by atoms with E-state index in [2.05, 4.69) is 42.0 Å². The van der Waals surface area contributed by atoms with Crippen LogP contribution in [-0.4, -0.2) is 33.0 Å². The van der Waals surface area contributed by atoms with Gasteiger partial charge in [0.15, 0.2) is 0 Å². The molecule has 0 radical (unpaired) electrons. The summed E-state index contributed by atoms with van der Waals surface area (Å²) in [7, 11) is 0.617. The summed E-state index contributed by atoms with van der Waals surface area (Å²) in [6, 6.07) is 9.45. The van der Waals surface area contributed by atoms with Crippen molar-refractivity contribution in [3.05, 3.63) is 35.9 Å². The molecule has 0 saturated heterocycles. The van der Waals surface area contributed by atoms with Crippen molar-refractivity contribution in [2.75, 3.05) is 14.1 Å². The van der Waals surface area contributed by atoms with E-state index in [9.17, 15) is 4.79 Å². The van der Waals surface area contributed by atoms with Gasteiger partial charge in [-0.2, -0.15) is 0 Å². The maximum absolute atomic E-state index is 12.1. The fourth-order valence-corrected chi connectivity index (χ4v) is 5.23. The van der Waals surface area contributed by atoms with E-state index in [0.29, 0.717) is 0 Å². The third-order valence-corrected chi connectivity index (χ3v) is 5.99. The summed E-state index contributed by atoms with van der Waals surface area (Å²) in [4.78, 5) is 13.6. The number of carbonyl (C=O) groups is 1. The monoisotopic (exact) mass is 489 g/mol. The van der Waals surface area contributed by atoms with Crippen molar-refractivity contribution in [1.29, 1.82) is 0 Å². The van der Waals surface area contributed by atoms with Crippen LogP contribution in [0.2, 0.25) is 0 Å². The Bertz CT molecular complexity index is 381. The summed E-state index contributed by atoms with van der Waals surface area (Å²) in [6.45, 7) is 0. The Labute approximate surface area is 124 Å².